The van der Waals surface area contributed by atoms with Gasteiger partial charge in [-0.3, -0.25) is 19.3 Å². The molecule has 1 N–H and O–H groups in total. The molecule has 0 unspecified atom stereocenters. The van der Waals surface area contributed by atoms with E-state index in [1.54, 1.807) is 12.1 Å². The molecule has 0 radical (unpaired) electrons. The number of benzene rings is 1. The molecular formula is C17H20N2O5. The second-order valence-electron chi connectivity index (χ2n) is 5.80. The molecule has 2 aliphatic rings. The number of carbonyl (C=O) groups excluding carboxylic acids is 3. The van der Waals surface area contributed by atoms with Gasteiger partial charge in [0.25, 0.3) is 11.7 Å². The minimum absolute atomic E-state index is 0.182. The van der Waals surface area contributed by atoms with Crippen LogP contribution in [0.2, 0.25) is 0 Å². The van der Waals surface area contributed by atoms with Crippen molar-refractivity contribution in [1.82, 2.24) is 5.32 Å². The highest BCUT2D eigenvalue weighted by molar-refractivity contribution is 6.52. The van der Waals surface area contributed by atoms with E-state index >= 15 is 0 Å². The maximum Gasteiger partial charge on any atom is 0.299 e. The highest BCUT2D eigenvalue weighted by atomic mass is 16.6. The van der Waals surface area contributed by atoms with E-state index in [4.69, 9.17) is 9.47 Å². The Hall–Kier alpha value is -2.25. The fourth-order valence-electron chi connectivity index (χ4n) is 2.81. The molecule has 0 saturated carbocycles. The van der Waals surface area contributed by atoms with Crippen LogP contribution >= 0.6 is 0 Å². The van der Waals surface area contributed by atoms with Crippen LogP contribution in [0.5, 0.6) is 0 Å². The Labute approximate surface area is 139 Å². The van der Waals surface area contributed by atoms with E-state index in [2.05, 4.69) is 5.32 Å². The standard InChI is InChI=1S/C17H20N2O5/c1-2-11-3-4-14-13(7-11)16(21)17(22)19(14)9-15(20)18-8-12-10-23-5-6-24-12/h3-4,7,12H,2,5-6,8-10H2,1H3,(H,18,20)/t12-/m1/s1. The van der Waals surface area contributed by atoms with Crippen molar-refractivity contribution < 1.29 is 23.9 Å². The minimum atomic E-state index is -0.661. The second kappa shape index (κ2) is 7.11. The van der Waals surface area contributed by atoms with Gasteiger partial charge in [-0.05, 0) is 24.1 Å². The zero-order chi connectivity index (χ0) is 17.1. The number of hydrogen-bond donors (Lipinski definition) is 1. The largest absolute Gasteiger partial charge is 0.376 e. The smallest absolute Gasteiger partial charge is 0.299 e. The number of nitrogens with zero attached hydrogens (tertiary/aromatic N) is 1. The number of fused-ring (bicyclic) bond motifs is 1. The third-order valence-electron chi connectivity index (χ3n) is 4.16. The van der Waals surface area contributed by atoms with E-state index in [-0.39, 0.29) is 18.6 Å². The van der Waals surface area contributed by atoms with Crippen molar-refractivity contribution in [1.29, 1.82) is 0 Å². The van der Waals surface area contributed by atoms with E-state index < -0.39 is 11.7 Å². The number of ketones is 1. The molecule has 0 aromatic heterocycles. The van der Waals surface area contributed by atoms with Crippen molar-refractivity contribution in [3.05, 3.63) is 29.3 Å². The van der Waals surface area contributed by atoms with Crippen LogP contribution in [0.15, 0.2) is 18.2 Å². The molecule has 2 amide bonds. The lowest BCUT2D eigenvalue weighted by Gasteiger charge is -2.23. The summed E-state index contributed by atoms with van der Waals surface area (Å²) in [6.07, 6.45) is 0.594. The van der Waals surface area contributed by atoms with E-state index in [1.807, 2.05) is 13.0 Å². The summed E-state index contributed by atoms with van der Waals surface area (Å²) in [6, 6.07) is 5.31. The number of amides is 2. The number of anilines is 1. The average Bonchev–Trinajstić information content (AvgIpc) is 2.85. The Balaban J connectivity index is 1.63. The quantitative estimate of drug-likeness (QED) is 0.785. The average molecular weight is 332 g/mol. The van der Waals surface area contributed by atoms with Crippen molar-refractivity contribution in [2.45, 2.75) is 19.4 Å². The van der Waals surface area contributed by atoms with E-state index in [0.717, 1.165) is 12.0 Å². The summed E-state index contributed by atoms with van der Waals surface area (Å²) in [6.45, 7) is 3.61. The van der Waals surface area contributed by atoms with E-state index in [0.29, 0.717) is 37.6 Å². The van der Waals surface area contributed by atoms with Crippen LogP contribution in [0, 0.1) is 0 Å². The molecule has 1 atom stereocenters. The zero-order valence-electron chi connectivity index (χ0n) is 13.5. The van der Waals surface area contributed by atoms with Gasteiger partial charge in [0.15, 0.2) is 0 Å². The summed E-state index contributed by atoms with van der Waals surface area (Å²) in [5, 5.41) is 2.72. The van der Waals surface area contributed by atoms with Crippen molar-refractivity contribution in [2.24, 2.45) is 0 Å². The van der Waals surface area contributed by atoms with Gasteiger partial charge in [-0.25, -0.2) is 0 Å². The Morgan fingerprint density at radius 3 is 2.88 bits per heavy atom. The highest BCUT2D eigenvalue weighted by Crippen LogP contribution is 2.29. The van der Waals surface area contributed by atoms with Gasteiger partial charge in [0.05, 0.1) is 37.2 Å². The van der Waals surface area contributed by atoms with Crippen molar-refractivity contribution >= 4 is 23.3 Å². The highest BCUT2D eigenvalue weighted by Gasteiger charge is 2.36. The van der Waals surface area contributed by atoms with Gasteiger partial charge >= 0.3 is 0 Å². The van der Waals surface area contributed by atoms with Crippen LogP contribution in [0.25, 0.3) is 0 Å². The maximum absolute atomic E-state index is 12.2. The lowest BCUT2D eigenvalue weighted by Crippen LogP contribution is -2.44. The molecule has 1 aromatic rings. The van der Waals surface area contributed by atoms with Gasteiger partial charge in [-0.15, -0.1) is 0 Å². The lowest BCUT2D eigenvalue weighted by molar-refractivity contribution is -0.124. The molecule has 128 valence electrons. The van der Waals surface area contributed by atoms with Crippen molar-refractivity contribution in [2.75, 3.05) is 37.8 Å². The van der Waals surface area contributed by atoms with Crippen LogP contribution in [0.3, 0.4) is 0 Å². The SMILES string of the molecule is CCc1ccc2c(c1)C(=O)C(=O)N2CC(=O)NC[C@@H]1COCCO1. The molecule has 7 nitrogen and oxygen atoms in total. The molecule has 1 saturated heterocycles. The molecule has 0 spiro atoms. The molecule has 1 fully saturated rings. The topological polar surface area (TPSA) is 84.9 Å². The first-order valence-electron chi connectivity index (χ1n) is 8.05. The fraction of sp³-hybridized carbons (Fsp3) is 0.471. The van der Waals surface area contributed by atoms with Gasteiger partial charge in [0.1, 0.15) is 6.54 Å². The summed E-state index contributed by atoms with van der Waals surface area (Å²) in [5.41, 5.74) is 1.85. The van der Waals surface area contributed by atoms with Gasteiger partial charge in [-0.2, -0.15) is 0 Å². The molecule has 0 bridgehead atoms. The van der Waals surface area contributed by atoms with Crippen molar-refractivity contribution in [3.8, 4) is 0 Å². The Morgan fingerprint density at radius 2 is 2.17 bits per heavy atom. The van der Waals surface area contributed by atoms with Crippen LogP contribution in [0.1, 0.15) is 22.8 Å². The van der Waals surface area contributed by atoms with Gasteiger partial charge < -0.3 is 14.8 Å². The van der Waals surface area contributed by atoms with Gasteiger partial charge in [-0.1, -0.05) is 13.0 Å². The first kappa shape index (κ1) is 16.6. The molecule has 2 heterocycles. The monoisotopic (exact) mass is 332 g/mol. The summed E-state index contributed by atoms with van der Waals surface area (Å²) in [7, 11) is 0. The summed E-state index contributed by atoms with van der Waals surface area (Å²) >= 11 is 0. The molecule has 3 rings (SSSR count). The normalized spacial score (nSPS) is 20.2. The summed E-state index contributed by atoms with van der Waals surface area (Å²) in [5.74, 6) is -1.56. The summed E-state index contributed by atoms with van der Waals surface area (Å²) in [4.78, 5) is 37.6. The Bertz CT molecular complexity index is 667. The third-order valence-corrected chi connectivity index (χ3v) is 4.16. The van der Waals surface area contributed by atoms with Crippen LogP contribution < -0.4 is 10.2 Å². The van der Waals surface area contributed by atoms with E-state index in [9.17, 15) is 14.4 Å². The van der Waals surface area contributed by atoms with Gasteiger partial charge in [0.2, 0.25) is 5.91 Å². The Morgan fingerprint density at radius 1 is 1.33 bits per heavy atom. The van der Waals surface area contributed by atoms with Crippen LogP contribution in [0.4, 0.5) is 5.69 Å². The first-order valence-corrected chi connectivity index (χ1v) is 8.05. The number of hydrogen-bond acceptors (Lipinski definition) is 5. The predicted molar refractivity (Wildman–Crippen MR) is 86.1 cm³/mol. The fourth-order valence-corrected chi connectivity index (χ4v) is 2.81. The lowest BCUT2D eigenvalue weighted by atomic mass is 10.1. The number of nitrogens with one attached hydrogen (secondary N) is 1. The zero-order valence-corrected chi connectivity index (χ0v) is 13.5. The number of Topliss-reactive ketones (excluding diaryl/α,β-unsaturated/α-hetero) is 1. The summed E-state index contributed by atoms with van der Waals surface area (Å²) < 4.78 is 10.7. The minimum Gasteiger partial charge on any atom is -0.376 e. The third kappa shape index (κ3) is 3.32. The van der Waals surface area contributed by atoms with Crippen molar-refractivity contribution in [3.63, 3.8) is 0 Å². The molecule has 24 heavy (non-hydrogen) atoms. The maximum atomic E-state index is 12.2. The molecular weight excluding hydrogens is 312 g/mol. The number of rotatable bonds is 5. The number of carbonyl (C=O) groups is 3. The molecule has 7 heteroatoms. The number of aryl methyl sites for hydroxylation is 1. The predicted octanol–water partition coefficient (Wildman–Crippen LogP) is 0.310. The van der Waals surface area contributed by atoms with Crippen LogP contribution in [-0.4, -0.2) is 56.6 Å². The first-order chi connectivity index (χ1) is 11.6. The van der Waals surface area contributed by atoms with E-state index in [1.165, 1.54) is 4.90 Å². The molecule has 2 aliphatic heterocycles. The second-order valence-corrected chi connectivity index (χ2v) is 5.80. The van der Waals surface area contributed by atoms with Crippen LogP contribution in [-0.2, 0) is 25.5 Å². The molecule has 0 aliphatic carbocycles. The molecule has 1 aromatic carbocycles. The number of ether oxygens (including phenoxy) is 2. The van der Waals surface area contributed by atoms with Gasteiger partial charge in [0, 0.05) is 6.54 Å². The Kier molecular flexibility index (Phi) is 4.92.